The molecule has 1 aliphatic rings. The minimum absolute atomic E-state index is 0.000199. The molecule has 36 heavy (non-hydrogen) atoms. The van der Waals surface area contributed by atoms with Gasteiger partial charge in [0.15, 0.2) is 6.23 Å². The molecule has 2 unspecified atom stereocenters. The molecule has 3 aromatic rings. The van der Waals surface area contributed by atoms with Crippen molar-refractivity contribution < 1.29 is 24.2 Å². The van der Waals surface area contributed by atoms with Gasteiger partial charge >= 0.3 is 17.8 Å². The highest BCUT2D eigenvalue weighted by Crippen LogP contribution is 2.33. The lowest BCUT2D eigenvalue weighted by atomic mass is 9.94. The SMILES string of the molecule is CCCN1C(=O)C(=O)N(C(CC(=O)O)c2cccc3ccccc23)CC1Oc1ccc(C(=N)N)cc1. The molecule has 0 aromatic heterocycles. The van der Waals surface area contributed by atoms with E-state index in [2.05, 4.69) is 0 Å². The van der Waals surface area contributed by atoms with Gasteiger partial charge < -0.3 is 20.5 Å². The molecule has 9 nitrogen and oxygen atoms in total. The molecule has 1 fully saturated rings. The first-order chi connectivity index (χ1) is 17.3. The van der Waals surface area contributed by atoms with Crippen LogP contribution < -0.4 is 10.5 Å². The molecule has 3 aromatic carbocycles. The molecule has 2 amide bonds. The van der Waals surface area contributed by atoms with E-state index in [0.717, 1.165) is 10.8 Å². The van der Waals surface area contributed by atoms with Gasteiger partial charge in [-0.2, -0.15) is 0 Å². The number of carbonyl (C=O) groups excluding carboxylic acids is 2. The first-order valence-electron chi connectivity index (χ1n) is 11.7. The van der Waals surface area contributed by atoms with E-state index < -0.39 is 30.1 Å². The van der Waals surface area contributed by atoms with E-state index in [4.69, 9.17) is 15.9 Å². The normalized spacial score (nSPS) is 16.8. The van der Waals surface area contributed by atoms with Crippen LogP contribution in [0.4, 0.5) is 0 Å². The van der Waals surface area contributed by atoms with Gasteiger partial charge in [-0.25, -0.2) is 0 Å². The van der Waals surface area contributed by atoms with Crippen LogP contribution in [0.1, 0.15) is 36.9 Å². The summed E-state index contributed by atoms with van der Waals surface area (Å²) in [5, 5.41) is 19.0. The summed E-state index contributed by atoms with van der Waals surface area (Å²) < 4.78 is 6.14. The number of benzene rings is 3. The fraction of sp³-hybridized carbons (Fsp3) is 0.259. The average molecular weight is 489 g/mol. The monoisotopic (exact) mass is 488 g/mol. The zero-order valence-electron chi connectivity index (χ0n) is 19.9. The summed E-state index contributed by atoms with van der Waals surface area (Å²) in [4.78, 5) is 41.1. The fourth-order valence-corrected chi connectivity index (χ4v) is 4.55. The number of piperazine rings is 1. The maximum absolute atomic E-state index is 13.3. The Bertz CT molecular complexity index is 1300. The lowest BCUT2D eigenvalue weighted by Gasteiger charge is -2.43. The minimum Gasteiger partial charge on any atom is -0.481 e. The zero-order valence-corrected chi connectivity index (χ0v) is 19.9. The smallest absolute Gasteiger partial charge is 0.315 e. The minimum atomic E-state index is -1.08. The van der Waals surface area contributed by atoms with Crippen LogP contribution in [0, 0.1) is 5.41 Å². The number of amidine groups is 1. The van der Waals surface area contributed by atoms with Crippen LogP contribution in [0.15, 0.2) is 66.7 Å². The molecule has 1 aliphatic heterocycles. The van der Waals surface area contributed by atoms with Crippen molar-refractivity contribution in [3.8, 4) is 5.75 Å². The van der Waals surface area contributed by atoms with E-state index in [0.29, 0.717) is 29.8 Å². The van der Waals surface area contributed by atoms with Crippen molar-refractivity contribution >= 4 is 34.4 Å². The first kappa shape index (κ1) is 24.7. The summed E-state index contributed by atoms with van der Waals surface area (Å²) in [6.45, 7) is 2.21. The van der Waals surface area contributed by atoms with Crippen LogP contribution in [-0.2, 0) is 14.4 Å². The van der Waals surface area contributed by atoms with Gasteiger partial charge in [-0.05, 0) is 47.0 Å². The Morgan fingerprint density at radius 3 is 2.44 bits per heavy atom. The molecule has 0 saturated carbocycles. The molecule has 4 rings (SSSR count). The summed E-state index contributed by atoms with van der Waals surface area (Å²) >= 11 is 0. The highest BCUT2D eigenvalue weighted by molar-refractivity contribution is 6.35. The molecule has 186 valence electrons. The second-order valence-electron chi connectivity index (χ2n) is 8.65. The molecule has 2 atom stereocenters. The Kier molecular flexibility index (Phi) is 7.19. The lowest BCUT2D eigenvalue weighted by molar-refractivity contribution is -0.169. The van der Waals surface area contributed by atoms with Gasteiger partial charge in [0, 0.05) is 12.1 Å². The van der Waals surface area contributed by atoms with Gasteiger partial charge in [-0.15, -0.1) is 0 Å². The molecule has 0 spiro atoms. The third-order valence-corrected chi connectivity index (χ3v) is 6.23. The molecule has 0 bridgehead atoms. The van der Waals surface area contributed by atoms with Crippen molar-refractivity contribution in [2.75, 3.05) is 13.1 Å². The summed E-state index contributed by atoms with van der Waals surface area (Å²) in [7, 11) is 0. The van der Waals surface area contributed by atoms with Crippen LogP contribution in [-0.4, -0.2) is 57.8 Å². The quantitative estimate of drug-likeness (QED) is 0.240. The largest absolute Gasteiger partial charge is 0.481 e. The number of amides is 2. The van der Waals surface area contributed by atoms with E-state index in [-0.39, 0.29) is 18.8 Å². The number of carboxylic acid groups (broad SMARTS) is 1. The number of rotatable bonds is 9. The van der Waals surface area contributed by atoms with E-state index >= 15 is 0 Å². The maximum atomic E-state index is 13.3. The maximum Gasteiger partial charge on any atom is 0.315 e. The number of nitrogen functional groups attached to an aromatic ring is 1. The van der Waals surface area contributed by atoms with Crippen molar-refractivity contribution in [2.24, 2.45) is 5.73 Å². The Balaban J connectivity index is 1.72. The highest BCUT2D eigenvalue weighted by atomic mass is 16.5. The molecule has 0 radical (unpaired) electrons. The molecular formula is C27H28N4O5. The molecule has 4 N–H and O–H groups in total. The van der Waals surface area contributed by atoms with E-state index in [9.17, 15) is 19.5 Å². The van der Waals surface area contributed by atoms with Crippen molar-refractivity contribution in [2.45, 2.75) is 32.0 Å². The first-order valence-corrected chi connectivity index (χ1v) is 11.7. The van der Waals surface area contributed by atoms with Gasteiger partial charge in [0.25, 0.3) is 0 Å². The Morgan fingerprint density at radius 1 is 1.08 bits per heavy atom. The molecule has 1 saturated heterocycles. The predicted octanol–water partition coefficient (Wildman–Crippen LogP) is 3.13. The number of aliphatic carboxylic acids is 1. The fourth-order valence-electron chi connectivity index (χ4n) is 4.55. The van der Waals surface area contributed by atoms with Crippen LogP contribution in [0.3, 0.4) is 0 Å². The summed E-state index contributed by atoms with van der Waals surface area (Å²) in [6, 6.07) is 18.8. The number of nitrogens with one attached hydrogen (secondary N) is 1. The van der Waals surface area contributed by atoms with Crippen molar-refractivity contribution in [1.82, 2.24) is 9.80 Å². The van der Waals surface area contributed by atoms with Gasteiger partial charge in [0.05, 0.1) is 19.0 Å². The number of carbonyl (C=O) groups is 3. The zero-order chi connectivity index (χ0) is 25.8. The van der Waals surface area contributed by atoms with Crippen molar-refractivity contribution in [3.63, 3.8) is 0 Å². The molecule has 9 heteroatoms. The number of carboxylic acids is 1. The van der Waals surface area contributed by atoms with Crippen LogP contribution >= 0.6 is 0 Å². The van der Waals surface area contributed by atoms with Crippen molar-refractivity contribution in [3.05, 3.63) is 77.9 Å². The highest BCUT2D eigenvalue weighted by Gasteiger charge is 2.43. The third-order valence-electron chi connectivity index (χ3n) is 6.23. The average Bonchev–Trinajstić information content (AvgIpc) is 2.87. The van der Waals surface area contributed by atoms with Crippen LogP contribution in [0.2, 0.25) is 0 Å². The number of ether oxygens (including phenoxy) is 1. The van der Waals surface area contributed by atoms with Gasteiger partial charge in [0.1, 0.15) is 11.6 Å². The number of nitrogens with zero attached hydrogens (tertiary/aromatic N) is 2. The Morgan fingerprint density at radius 2 is 1.78 bits per heavy atom. The number of fused-ring (bicyclic) bond motifs is 1. The predicted molar refractivity (Wildman–Crippen MR) is 135 cm³/mol. The topological polar surface area (TPSA) is 137 Å². The third kappa shape index (κ3) is 5.00. The summed E-state index contributed by atoms with van der Waals surface area (Å²) in [5.41, 5.74) is 6.71. The number of hydrogen-bond donors (Lipinski definition) is 3. The van der Waals surface area contributed by atoms with Crippen LogP contribution in [0.5, 0.6) is 5.75 Å². The lowest BCUT2D eigenvalue weighted by Crippen LogP contribution is -2.62. The Labute approximate surface area is 208 Å². The summed E-state index contributed by atoms with van der Waals surface area (Å²) in [5.74, 6) is -2.21. The second-order valence-corrected chi connectivity index (χ2v) is 8.65. The molecule has 1 heterocycles. The number of hydrogen-bond acceptors (Lipinski definition) is 5. The second kappa shape index (κ2) is 10.5. The van der Waals surface area contributed by atoms with Crippen molar-refractivity contribution in [1.29, 1.82) is 5.41 Å². The van der Waals surface area contributed by atoms with Gasteiger partial charge in [-0.1, -0.05) is 49.4 Å². The van der Waals surface area contributed by atoms with Gasteiger partial charge in [-0.3, -0.25) is 24.7 Å². The van der Waals surface area contributed by atoms with E-state index in [1.807, 2.05) is 43.3 Å². The van der Waals surface area contributed by atoms with Gasteiger partial charge in [0.2, 0.25) is 0 Å². The van der Waals surface area contributed by atoms with Crippen LogP contribution in [0.25, 0.3) is 10.8 Å². The Hall–Kier alpha value is -4.40. The summed E-state index contributed by atoms with van der Waals surface area (Å²) in [6.07, 6.45) is -0.560. The van der Waals surface area contributed by atoms with E-state index in [1.165, 1.54) is 9.80 Å². The number of nitrogens with two attached hydrogens (primary N) is 1. The molecular weight excluding hydrogens is 460 g/mol. The standard InChI is InChI=1S/C27H28N4O5/c1-2-14-30-23(36-19-12-10-18(11-13-19)25(28)29)16-31(27(35)26(30)34)22(15-24(32)33)21-9-5-7-17-6-3-4-8-20(17)21/h3-13,22-23H,2,14-16H2,1H3,(H3,28,29)(H,32,33). The van der Waals surface area contributed by atoms with E-state index in [1.54, 1.807) is 30.3 Å². The molecule has 0 aliphatic carbocycles.